The molecule has 1 aromatic rings. The molecule has 1 aliphatic heterocycles. The second-order valence-corrected chi connectivity index (χ2v) is 5.66. The normalized spacial score (nSPS) is 16.6. The molecule has 0 aromatic heterocycles. The van der Waals surface area contributed by atoms with Gasteiger partial charge in [0.05, 0.1) is 16.4 Å². The highest BCUT2D eigenvalue weighted by molar-refractivity contribution is 6.31. The summed E-state index contributed by atoms with van der Waals surface area (Å²) in [5.74, 6) is -1.62. The summed E-state index contributed by atoms with van der Waals surface area (Å²) in [4.78, 5) is 33.7. The number of hydrogen-bond acceptors (Lipinski definition) is 5. The molecule has 0 radical (unpaired) electrons. The SMILES string of the molecule is O=C(Cc1ccc([N+](=O)[O-])cc1Cl)NC1(C(=O)O)CCOCC1. The molecule has 0 unspecified atom stereocenters. The Kier molecular flexibility index (Phi) is 5.17. The Morgan fingerprint density at radius 2 is 2.04 bits per heavy atom. The summed E-state index contributed by atoms with van der Waals surface area (Å²) in [6, 6.07) is 3.79. The zero-order valence-corrected chi connectivity index (χ0v) is 12.8. The van der Waals surface area contributed by atoms with E-state index in [9.17, 15) is 24.8 Å². The minimum atomic E-state index is -1.34. The second kappa shape index (κ2) is 6.93. The van der Waals surface area contributed by atoms with Gasteiger partial charge in [-0.05, 0) is 5.56 Å². The number of carboxylic acid groups (broad SMARTS) is 1. The van der Waals surface area contributed by atoms with Crippen LogP contribution in [0.25, 0.3) is 0 Å². The molecule has 124 valence electrons. The van der Waals surface area contributed by atoms with Crippen molar-refractivity contribution in [3.8, 4) is 0 Å². The molecule has 0 atom stereocenters. The largest absolute Gasteiger partial charge is 0.480 e. The Balaban J connectivity index is 2.09. The minimum Gasteiger partial charge on any atom is -0.480 e. The predicted molar refractivity (Wildman–Crippen MR) is 80.4 cm³/mol. The molecule has 1 heterocycles. The topological polar surface area (TPSA) is 119 Å². The molecule has 0 aliphatic carbocycles. The van der Waals surface area contributed by atoms with Gasteiger partial charge < -0.3 is 15.2 Å². The number of non-ortho nitro benzene ring substituents is 1. The summed E-state index contributed by atoms with van der Waals surface area (Å²) >= 11 is 5.94. The van der Waals surface area contributed by atoms with E-state index in [2.05, 4.69) is 5.32 Å². The summed E-state index contributed by atoms with van der Waals surface area (Å²) < 4.78 is 5.13. The summed E-state index contributed by atoms with van der Waals surface area (Å²) in [5.41, 5.74) is -1.13. The molecule has 8 nitrogen and oxygen atoms in total. The first kappa shape index (κ1) is 17.2. The maximum atomic E-state index is 12.2. The Morgan fingerprint density at radius 1 is 1.39 bits per heavy atom. The number of carbonyl (C=O) groups excluding carboxylic acids is 1. The van der Waals surface area contributed by atoms with Crippen LogP contribution in [-0.2, 0) is 20.7 Å². The van der Waals surface area contributed by atoms with E-state index < -0.39 is 22.3 Å². The van der Waals surface area contributed by atoms with Crippen LogP contribution in [0.3, 0.4) is 0 Å². The smallest absolute Gasteiger partial charge is 0.329 e. The van der Waals surface area contributed by atoms with E-state index in [-0.39, 0.29) is 43.2 Å². The highest BCUT2D eigenvalue weighted by Gasteiger charge is 2.41. The lowest BCUT2D eigenvalue weighted by Crippen LogP contribution is -2.57. The second-order valence-electron chi connectivity index (χ2n) is 5.26. The van der Waals surface area contributed by atoms with E-state index in [1.807, 2.05) is 0 Å². The molecule has 0 saturated carbocycles. The maximum absolute atomic E-state index is 12.2. The van der Waals surface area contributed by atoms with Crippen molar-refractivity contribution < 1.29 is 24.4 Å². The standard InChI is InChI=1S/C14H15ClN2O6/c15-11-8-10(17(21)22)2-1-9(11)7-12(18)16-14(13(19)20)3-5-23-6-4-14/h1-2,8H,3-7H2,(H,16,18)(H,19,20). The van der Waals surface area contributed by atoms with Crippen LogP contribution in [0.2, 0.25) is 5.02 Å². The maximum Gasteiger partial charge on any atom is 0.329 e. The zero-order chi connectivity index (χ0) is 17.0. The van der Waals surface area contributed by atoms with Gasteiger partial charge in [0.25, 0.3) is 5.69 Å². The number of aliphatic carboxylic acids is 1. The third-order valence-corrected chi connectivity index (χ3v) is 4.08. The number of carboxylic acids is 1. The van der Waals surface area contributed by atoms with Gasteiger partial charge in [-0.15, -0.1) is 0 Å². The van der Waals surface area contributed by atoms with Crippen molar-refractivity contribution in [2.45, 2.75) is 24.8 Å². The van der Waals surface area contributed by atoms with Gasteiger partial charge in [-0.25, -0.2) is 4.79 Å². The molecule has 9 heteroatoms. The monoisotopic (exact) mass is 342 g/mol. The highest BCUT2D eigenvalue weighted by Crippen LogP contribution is 2.24. The number of nitrogens with one attached hydrogen (secondary N) is 1. The van der Waals surface area contributed by atoms with Crippen molar-refractivity contribution in [1.82, 2.24) is 5.32 Å². The van der Waals surface area contributed by atoms with Crippen LogP contribution in [0.15, 0.2) is 18.2 Å². The summed E-state index contributed by atoms with van der Waals surface area (Å²) in [6.45, 7) is 0.510. The van der Waals surface area contributed by atoms with Gasteiger partial charge in [0.15, 0.2) is 0 Å². The Hall–Kier alpha value is -2.19. The average molecular weight is 343 g/mol. The zero-order valence-electron chi connectivity index (χ0n) is 12.1. The van der Waals surface area contributed by atoms with Crippen LogP contribution in [0.5, 0.6) is 0 Å². The molecule has 23 heavy (non-hydrogen) atoms. The molecular formula is C14H15ClN2O6. The van der Waals surface area contributed by atoms with Gasteiger partial charge in [-0.1, -0.05) is 17.7 Å². The lowest BCUT2D eigenvalue weighted by molar-refractivity contribution is -0.384. The lowest BCUT2D eigenvalue weighted by atomic mass is 9.90. The summed E-state index contributed by atoms with van der Waals surface area (Å²) in [7, 11) is 0. The third-order valence-electron chi connectivity index (χ3n) is 3.73. The van der Waals surface area contributed by atoms with Gasteiger partial charge in [0.1, 0.15) is 5.54 Å². The van der Waals surface area contributed by atoms with Crippen molar-refractivity contribution in [1.29, 1.82) is 0 Å². The molecular weight excluding hydrogens is 328 g/mol. The first-order valence-corrected chi connectivity index (χ1v) is 7.27. The molecule has 0 spiro atoms. The van der Waals surface area contributed by atoms with E-state index in [4.69, 9.17) is 16.3 Å². The van der Waals surface area contributed by atoms with Crippen LogP contribution in [0, 0.1) is 10.1 Å². The van der Waals surface area contributed by atoms with Crippen LogP contribution in [0.4, 0.5) is 5.69 Å². The van der Waals surface area contributed by atoms with Gasteiger partial charge in [-0.3, -0.25) is 14.9 Å². The van der Waals surface area contributed by atoms with E-state index >= 15 is 0 Å². The number of amides is 1. The van der Waals surface area contributed by atoms with Crippen molar-refractivity contribution in [2.24, 2.45) is 0 Å². The summed E-state index contributed by atoms with van der Waals surface area (Å²) in [5, 5.41) is 22.7. The molecule has 1 aliphatic rings. The van der Waals surface area contributed by atoms with Crippen LogP contribution in [-0.4, -0.2) is 40.7 Å². The fraction of sp³-hybridized carbons (Fsp3) is 0.429. The van der Waals surface area contributed by atoms with Gasteiger partial charge in [0.2, 0.25) is 5.91 Å². The first-order valence-electron chi connectivity index (χ1n) is 6.89. The van der Waals surface area contributed by atoms with Gasteiger partial charge in [0, 0.05) is 38.2 Å². The van der Waals surface area contributed by atoms with Crippen molar-refractivity contribution in [3.63, 3.8) is 0 Å². The molecule has 1 aromatic carbocycles. The number of rotatable bonds is 5. The van der Waals surface area contributed by atoms with Crippen molar-refractivity contribution in [2.75, 3.05) is 13.2 Å². The number of nitro benzene ring substituents is 1. The number of ether oxygens (including phenoxy) is 1. The lowest BCUT2D eigenvalue weighted by Gasteiger charge is -2.33. The first-order chi connectivity index (χ1) is 10.8. The Morgan fingerprint density at radius 3 is 2.57 bits per heavy atom. The number of nitro groups is 1. The van der Waals surface area contributed by atoms with Crippen LogP contribution < -0.4 is 5.32 Å². The quantitative estimate of drug-likeness (QED) is 0.619. The number of carbonyl (C=O) groups is 2. The van der Waals surface area contributed by atoms with Crippen LogP contribution in [0.1, 0.15) is 18.4 Å². The molecule has 1 fully saturated rings. The fourth-order valence-corrected chi connectivity index (χ4v) is 2.63. The Labute approximate surface area is 136 Å². The van der Waals surface area contributed by atoms with E-state index in [1.165, 1.54) is 12.1 Å². The van der Waals surface area contributed by atoms with Crippen molar-refractivity contribution in [3.05, 3.63) is 38.9 Å². The van der Waals surface area contributed by atoms with Gasteiger partial charge in [-0.2, -0.15) is 0 Å². The predicted octanol–water partition coefficient (Wildman–Crippen LogP) is 1.54. The van der Waals surface area contributed by atoms with E-state index in [0.717, 1.165) is 6.07 Å². The highest BCUT2D eigenvalue weighted by atomic mass is 35.5. The number of benzene rings is 1. The summed E-state index contributed by atoms with van der Waals surface area (Å²) in [6.07, 6.45) is 0.205. The number of nitrogens with zero attached hydrogens (tertiary/aromatic N) is 1. The molecule has 2 rings (SSSR count). The van der Waals surface area contributed by atoms with Crippen molar-refractivity contribution >= 4 is 29.2 Å². The van der Waals surface area contributed by atoms with Crippen LogP contribution >= 0.6 is 11.6 Å². The third kappa shape index (κ3) is 3.96. The average Bonchev–Trinajstić information content (AvgIpc) is 2.49. The van der Waals surface area contributed by atoms with E-state index in [1.54, 1.807) is 0 Å². The number of halogens is 1. The molecule has 0 bridgehead atoms. The van der Waals surface area contributed by atoms with E-state index in [0.29, 0.717) is 5.56 Å². The Bertz CT molecular complexity index is 642. The molecule has 1 saturated heterocycles. The molecule has 2 N–H and O–H groups in total. The minimum absolute atomic E-state index is 0.0886. The molecule has 1 amide bonds. The fourth-order valence-electron chi connectivity index (χ4n) is 2.39. The van der Waals surface area contributed by atoms with Gasteiger partial charge >= 0.3 is 5.97 Å². The number of hydrogen-bond donors (Lipinski definition) is 2.